The second kappa shape index (κ2) is 9.09. The van der Waals surface area contributed by atoms with Crippen molar-refractivity contribution in [2.75, 3.05) is 34.8 Å². The van der Waals surface area contributed by atoms with Crippen LogP contribution in [0.2, 0.25) is 5.02 Å². The molecule has 31 heavy (non-hydrogen) atoms. The number of piperidine rings is 1. The van der Waals surface area contributed by atoms with Gasteiger partial charge in [-0.2, -0.15) is 0 Å². The van der Waals surface area contributed by atoms with Gasteiger partial charge in [0.05, 0.1) is 5.69 Å². The first kappa shape index (κ1) is 21.4. The summed E-state index contributed by atoms with van der Waals surface area (Å²) in [5, 5.41) is 5.26. The van der Waals surface area contributed by atoms with Crippen LogP contribution in [0, 0.1) is 5.82 Å². The molecule has 2 aliphatic rings. The molecule has 0 aliphatic carbocycles. The largest absolute Gasteiger partial charge is 0.369 e. The molecule has 4 rings (SSSR count). The lowest BCUT2D eigenvalue weighted by Gasteiger charge is -2.33. The van der Waals surface area contributed by atoms with Gasteiger partial charge in [0.15, 0.2) is 0 Å². The zero-order valence-corrected chi connectivity index (χ0v) is 17.5. The van der Waals surface area contributed by atoms with E-state index in [-0.39, 0.29) is 16.6 Å². The molecule has 2 heterocycles. The van der Waals surface area contributed by atoms with E-state index in [0.29, 0.717) is 38.9 Å². The van der Waals surface area contributed by atoms with Gasteiger partial charge in [-0.1, -0.05) is 11.6 Å². The van der Waals surface area contributed by atoms with Crippen molar-refractivity contribution in [1.29, 1.82) is 0 Å². The number of halogens is 3. The van der Waals surface area contributed by atoms with Crippen molar-refractivity contribution in [3.8, 4) is 0 Å². The highest BCUT2D eigenvalue weighted by Gasteiger charge is 2.31. The minimum absolute atomic E-state index is 0.0185. The van der Waals surface area contributed by atoms with Crippen LogP contribution in [0.15, 0.2) is 42.5 Å². The number of amides is 3. The number of nitrogens with zero attached hydrogens (tertiary/aromatic N) is 2. The van der Waals surface area contributed by atoms with Crippen molar-refractivity contribution in [1.82, 2.24) is 5.32 Å². The first-order chi connectivity index (χ1) is 14.9. The van der Waals surface area contributed by atoms with Crippen LogP contribution in [0.4, 0.5) is 30.6 Å². The lowest BCUT2D eigenvalue weighted by atomic mass is 10.0. The van der Waals surface area contributed by atoms with Crippen molar-refractivity contribution in [2.45, 2.75) is 31.5 Å². The number of nitrogens with one attached hydrogen (secondary N) is 2. The molecule has 2 aromatic rings. The minimum atomic E-state index is -0.803. The van der Waals surface area contributed by atoms with Crippen molar-refractivity contribution < 1.29 is 18.4 Å². The smallest absolute Gasteiger partial charge is 0.319 e. The Hall–Kier alpha value is -2.87. The van der Waals surface area contributed by atoms with Gasteiger partial charge in [0.1, 0.15) is 18.0 Å². The number of carbonyl (C=O) groups is 2. The quantitative estimate of drug-likeness (QED) is 0.731. The number of hydrogen-bond donors (Lipinski definition) is 2. The van der Waals surface area contributed by atoms with E-state index < -0.39 is 24.1 Å². The Kier molecular flexibility index (Phi) is 6.27. The fraction of sp³-hybridized carbons (Fsp3) is 0.364. The van der Waals surface area contributed by atoms with Gasteiger partial charge in [0, 0.05) is 36.0 Å². The summed E-state index contributed by atoms with van der Waals surface area (Å²) >= 11 is 5.72. The Balaban J connectivity index is 1.39. The SMILES string of the molecule is O=C(Nc1ccc(Cl)cc1F)N[C@@H]1CCCN(c2ccc(N3CC[C@@H](F)C3)cc2)C1=O. The van der Waals surface area contributed by atoms with Crippen molar-refractivity contribution in [3.05, 3.63) is 53.3 Å². The summed E-state index contributed by atoms with van der Waals surface area (Å²) in [4.78, 5) is 28.8. The number of anilines is 3. The maximum atomic E-state index is 13.9. The average Bonchev–Trinajstić information content (AvgIpc) is 3.18. The highest BCUT2D eigenvalue weighted by molar-refractivity contribution is 6.30. The van der Waals surface area contributed by atoms with Gasteiger partial charge >= 0.3 is 6.03 Å². The number of alkyl halides is 1. The number of rotatable bonds is 4. The summed E-state index contributed by atoms with van der Waals surface area (Å²) in [6.07, 6.45) is 0.934. The molecule has 3 amide bonds. The zero-order valence-electron chi connectivity index (χ0n) is 16.8. The van der Waals surface area contributed by atoms with Gasteiger partial charge in [-0.05, 0) is 61.7 Å². The lowest BCUT2D eigenvalue weighted by Crippen LogP contribution is -2.53. The molecule has 9 heteroatoms. The Bertz CT molecular complexity index is 972. The Morgan fingerprint density at radius 1 is 1.06 bits per heavy atom. The van der Waals surface area contributed by atoms with Crippen LogP contribution in [0.5, 0.6) is 0 Å². The number of hydrogen-bond acceptors (Lipinski definition) is 3. The third-order valence-corrected chi connectivity index (χ3v) is 5.82. The van der Waals surface area contributed by atoms with Gasteiger partial charge in [-0.25, -0.2) is 13.6 Å². The van der Waals surface area contributed by atoms with E-state index in [4.69, 9.17) is 11.6 Å². The predicted octanol–water partition coefficient (Wildman–Crippen LogP) is 4.34. The maximum absolute atomic E-state index is 13.9. The summed E-state index contributed by atoms with van der Waals surface area (Å²) in [6.45, 7) is 1.61. The van der Waals surface area contributed by atoms with Crippen molar-refractivity contribution in [2.24, 2.45) is 0 Å². The monoisotopic (exact) mass is 448 g/mol. The summed E-state index contributed by atoms with van der Waals surface area (Å²) < 4.78 is 27.3. The normalized spacial score (nSPS) is 21.3. The van der Waals surface area contributed by atoms with Gasteiger partial charge < -0.3 is 20.4 Å². The molecule has 2 fully saturated rings. The summed E-state index contributed by atoms with van der Waals surface area (Å²) in [6, 6.07) is 9.99. The molecule has 2 saturated heterocycles. The lowest BCUT2D eigenvalue weighted by molar-refractivity contribution is -0.121. The first-order valence-electron chi connectivity index (χ1n) is 10.2. The van der Waals surface area contributed by atoms with Gasteiger partial charge in [0.2, 0.25) is 5.91 Å². The average molecular weight is 449 g/mol. The molecular weight excluding hydrogens is 426 g/mol. The van der Waals surface area contributed by atoms with E-state index in [1.807, 2.05) is 29.2 Å². The van der Waals surface area contributed by atoms with Crippen LogP contribution in [0.3, 0.4) is 0 Å². The number of urea groups is 1. The van der Waals surface area contributed by atoms with E-state index in [0.717, 1.165) is 17.4 Å². The summed E-state index contributed by atoms with van der Waals surface area (Å²) in [5.41, 5.74) is 1.63. The van der Waals surface area contributed by atoms with Crippen LogP contribution in [0.1, 0.15) is 19.3 Å². The predicted molar refractivity (Wildman–Crippen MR) is 117 cm³/mol. The highest BCUT2D eigenvalue weighted by Crippen LogP contribution is 2.27. The van der Waals surface area contributed by atoms with Crippen LogP contribution in [-0.2, 0) is 4.79 Å². The number of benzene rings is 2. The van der Waals surface area contributed by atoms with E-state index >= 15 is 0 Å². The first-order valence-corrected chi connectivity index (χ1v) is 10.6. The van der Waals surface area contributed by atoms with Crippen molar-refractivity contribution in [3.63, 3.8) is 0 Å². The summed E-state index contributed by atoms with van der Waals surface area (Å²) in [5.74, 6) is -0.882. The fourth-order valence-electron chi connectivity index (χ4n) is 3.97. The molecule has 0 spiro atoms. The molecule has 2 aliphatic heterocycles. The van der Waals surface area contributed by atoms with E-state index in [2.05, 4.69) is 10.6 Å². The molecule has 0 unspecified atom stereocenters. The zero-order chi connectivity index (χ0) is 22.0. The third-order valence-electron chi connectivity index (χ3n) is 5.58. The topological polar surface area (TPSA) is 64.7 Å². The molecule has 2 N–H and O–H groups in total. The molecule has 6 nitrogen and oxygen atoms in total. The van der Waals surface area contributed by atoms with Gasteiger partial charge in [-0.15, -0.1) is 0 Å². The Morgan fingerprint density at radius 3 is 2.48 bits per heavy atom. The molecule has 0 aromatic heterocycles. The summed E-state index contributed by atoms with van der Waals surface area (Å²) in [7, 11) is 0. The standard InChI is InChI=1S/C22H23ClF2N4O2/c23-14-3-8-19(18(25)12-14)26-22(31)27-20-2-1-10-29(21(20)30)17-6-4-16(5-7-17)28-11-9-15(24)13-28/h3-8,12,15,20H,1-2,9-11,13H2,(H2,26,27,31)/t15-,20-/m1/s1. The van der Waals surface area contributed by atoms with E-state index in [1.54, 1.807) is 4.90 Å². The number of carbonyl (C=O) groups excluding carboxylic acids is 2. The van der Waals surface area contributed by atoms with E-state index in [9.17, 15) is 18.4 Å². The fourth-order valence-corrected chi connectivity index (χ4v) is 4.13. The molecular formula is C22H23ClF2N4O2. The maximum Gasteiger partial charge on any atom is 0.319 e. The second-order valence-electron chi connectivity index (χ2n) is 7.76. The van der Waals surface area contributed by atoms with Crippen LogP contribution < -0.4 is 20.4 Å². The van der Waals surface area contributed by atoms with Crippen LogP contribution in [-0.4, -0.2) is 43.8 Å². The Labute approximate surface area is 184 Å². The van der Waals surface area contributed by atoms with E-state index in [1.165, 1.54) is 12.1 Å². The molecule has 164 valence electrons. The highest BCUT2D eigenvalue weighted by atomic mass is 35.5. The Morgan fingerprint density at radius 2 is 1.81 bits per heavy atom. The van der Waals surface area contributed by atoms with Crippen molar-refractivity contribution >= 4 is 40.6 Å². The van der Waals surface area contributed by atoms with Crippen LogP contribution >= 0.6 is 11.6 Å². The molecule has 0 bridgehead atoms. The molecule has 2 atom stereocenters. The molecule has 2 aromatic carbocycles. The third kappa shape index (κ3) is 4.90. The van der Waals surface area contributed by atoms with Crippen LogP contribution in [0.25, 0.3) is 0 Å². The molecule has 0 radical (unpaired) electrons. The van der Waals surface area contributed by atoms with Gasteiger partial charge in [0.25, 0.3) is 0 Å². The van der Waals surface area contributed by atoms with Gasteiger partial charge in [-0.3, -0.25) is 4.79 Å². The second-order valence-corrected chi connectivity index (χ2v) is 8.19. The minimum Gasteiger partial charge on any atom is -0.369 e. The molecule has 0 saturated carbocycles.